The van der Waals surface area contributed by atoms with Crippen molar-refractivity contribution in [1.82, 2.24) is 10.2 Å². The van der Waals surface area contributed by atoms with Crippen LogP contribution in [-0.2, 0) is 0 Å². The van der Waals surface area contributed by atoms with Crippen molar-refractivity contribution >= 4 is 17.5 Å². The molecule has 2 aromatic carbocycles. The molecule has 1 amide bonds. The van der Waals surface area contributed by atoms with Crippen LogP contribution in [0.15, 0.2) is 42.5 Å². The molecule has 1 N–H and O–H groups in total. The van der Waals surface area contributed by atoms with Gasteiger partial charge in [-0.2, -0.15) is 0 Å². The van der Waals surface area contributed by atoms with Crippen LogP contribution in [0, 0.1) is 0 Å². The van der Waals surface area contributed by atoms with Crippen molar-refractivity contribution in [2.75, 3.05) is 26.4 Å². The molecule has 0 bridgehead atoms. The number of para-hydroxylation sites is 1. The molecule has 0 saturated heterocycles. The Labute approximate surface area is 158 Å². The molecule has 138 valence electrons. The first-order valence-electron chi connectivity index (χ1n) is 8.81. The zero-order chi connectivity index (χ0) is 18.5. The largest absolute Gasteiger partial charge is 0.454 e. The molecule has 3 rings (SSSR count). The lowest BCUT2D eigenvalue weighted by molar-refractivity contribution is 0.0930. The second kappa shape index (κ2) is 8.43. The minimum Gasteiger partial charge on any atom is -0.454 e. The molecular formula is C20H23ClN2O3. The summed E-state index contributed by atoms with van der Waals surface area (Å²) >= 11 is 6.41. The fraction of sp³-hybridized carbons (Fsp3) is 0.350. The van der Waals surface area contributed by atoms with Crippen molar-refractivity contribution in [2.45, 2.75) is 19.9 Å². The highest BCUT2D eigenvalue weighted by atomic mass is 35.5. The van der Waals surface area contributed by atoms with E-state index < -0.39 is 0 Å². The van der Waals surface area contributed by atoms with E-state index in [0.717, 1.165) is 18.7 Å². The smallest absolute Gasteiger partial charge is 0.255 e. The molecule has 1 aliphatic heterocycles. The molecule has 5 nitrogen and oxygen atoms in total. The monoisotopic (exact) mass is 374 g/mol. The van der Waals surface area contributed by atoms with Gasteiger partial charge in [-0.3, -0.25) is 9.69 Å². The van der Waals surface area contributed by atoms with Gasteiger partial charge in [0.2, 0.25) is 6.79 Å². The van der Waals surface area contributed by atoms with Crippen LogP contribution in [0.2, 0.25) is 5.02 Å². The summed E-state index contributed by atoms with van der Waals surface area (Å²) in [4.78, 5) is 15.0. The second-order valence-corrected chi connectivity index (χ2v) is 6.42. The molecule has 0 aromatic heterocycles. The third kappa shape index (κ3) is 3.79. The zero-order valence-corrected chi connectivity index (χ0v) is 15.8. The number of hydrogen-bond donors (Lipinski definition) is 1. The Hall–Kier alpha value is -2.24. The van der Waals surface area contributed by atoms with Gasteiger partial charge in [0.15, 0.2) is 11.5 Å². The summed E-state index contributed by atoms with van der Waals surface area (Å²) in [7, 11) is 0. The highest BCUT2D eigenvalue weighted by Gasteiger charge is 2.24. The van der Waals surface area contributed by atoms with Crippen molar-refractivity contribution in [3.63, 3.8) is 0 Å². The number of nitrogens with one attached hydrogen (secondary N) is 1. The minimum atomic E-state index is -0.184. The average Bonchev–Trinajstić information content (AvgIpc) is 3.14. The maximum Gasteiger partial charge on any atom is 0.255 e. The molecule has 1 aliphatic rings. The van der Waals surface area contributed by atoms with Gasteiger partial charge in [-0.1, -0.05) is 49.7 Å². The number of ether oxygens (including phenoxy) is 2. The topological polar surface area (TPSA) is 50.8 Å². The third-order valence-corrected chi connectivity index (χ3v) is 4.96. The van der Waals surface area contributed by atoms with Gasteiger partial charge in [0.25, 0.3) is 5.91 Å². The lowest BCUT2D eigenvalue weighted by atomic mass is 10.0. The van der Waals surface area contributed by atoms with Crippen LogP contribution >= 0.6 is 11.6 Å². The van der Waals surface area contributed by atoms with E-state index in [2.05, 4.69) is 24.1 Å². The second-order valence-electron chi connectivity index (χ2n) is 6.01. The molecule has 0 aliphatic carbocycles. The predicted octanol–water partition coefficient (Wildman–Crippen LogP) is 3.88. The molecule has 26 heavy (non-hydrogen) atoms. The maximum absolute atomic E-state index is 12.7. The van der Waals surface area contributed by atoms with Crippen LogP contribution in [0.5, 0.6) is 11.5 Å². The summed E-state index contributed by atoms with van der Waals surface area (Å²) in [6.45, 7) is 6.52. The van der Waals surface area contributed by atoms with E-state index in [-0.39, 0.29) is 18.7 Å². The van der Waals surface area contributed by atoms with Crippen LogP contribution in [0.4, 0.5) is 0 Å². The standard InChI is InChI=1S/C20H23ClN2O3/c1-3-23(4-2)17(14-8-5-6-10-16(14)21)12-22-20(24)15-9-7-11-18-19(15)26-13-25-18/h5-11,17H,3-4,12-13H2,1-2H3,(H,22,24). The molecule has 0 fully saturated rings. The van der Waals surface area contributed by atoms with Crippen LogP contribution in [0.1, 0.15) is 35.8 Å². The van der Waals surface area contributed by atoms with E-state index in [1.54, 1.807) is 18.2 Å². The van der Waals surface area contributed by atoms with Gasteiger partial charge < -0.3 is 14.8 Å². The van der Waals surface area contributed by atoms with Gasteiger partial charge in [-0.25, -0.2) is 0 Å². The molecule has 1 unspecified atom stereocenters. The van der Waals surface area contributed by atoms with E-state index >= 15 is 0 Å². The third-order valence-electron chi connectivity index (χ3n) is 4.61. The van der Waals surface area contributed by atoms with Crippen LogP contribution in [-0.4, -0.2) is 37.2 Å². The molecule has 1 heterocycles. The Bertz CT molecular complexity index is 777. The number of halogens is 1. The number of fused-ring (bicyclic) bond motifs is 1. The van der Waals surface area contributed by atoms with Crippen molar-refractivity contribution in [2.24, 2.45) is 0 Å². The molecule has 6 heteroatoms. The van der Waals surface area contributed by atoms with Gasteiger partial charge in [0, 0.05) is 11.6 Å². The number of benzene rings is 2. The molecule has 0 saturated carbocycles. The van der Waals surface area contributed by atoms with Gasteiger partial charge in [0.05, 0.1) is 11.6 Å². The van der Waals surface area contributed by atoms with Crippen LogP contribution in [0.25, 0.3) is 0 Å². The minimum absolute atomic E-state index is 0.00317. The van der Waals surface area contributed by atoms with Crippen molar-refractivity contribution in [1.29, 1.82) is 0 Å². The summed E-state index contributed by atoms with van der Waals surface area (Å²) in [6, 6.07) is 13.1. The summed E-state index contributed by atoms with van der Waals surface area (Å²) in [6.07, 6.45) is 0. The van der Waals surface area contributed by atoms with Crippen molar-refractivity contribution in [3.05, 3.63) is 58.6 Å². The fourth-order valence-electron chi connectivity index (χ4n) is 3.24. The van der Waals surface area contributed by atoms with Crippen LogP contribution in [0.3, 0.4) is 0 Å². The van der Waals surface area contributed by atoms with E-state index in [1.165, 1.54) is 0 Å². The van der Waals surface area contributed by atoms with E-state index in [9.17, 15) is 4.79 Å². The number of carbonyl (C=O) groups is 1. The summed E-state index contributed by atoms with van der Waals surface area (Å²) < 4.78 is 10.8. The first kappa shape index (κ1) is 18.5. The lowest BCUT2D eigenvalue weighted by Crippen LogP contribution is -2.38. The molecular weight excluding hydrogens is 352 g/mol. The molecule has 0 spiro atoms. The number of nitrogens with zero attached hydrogens (tertiary/aromatic N) is 1. The number of rotatable bonds is 7. The van der Waals surface area contributed by atoms with Gasteiger partial charge in [0.1, 0.15) is 0 Å². The first-order chi connectivity index (χ1) is 12.7. The van der Waals surface area contributed by atoms with Crippen molar-refractivity contribution < 1.29 is 14.3 Å². The zero-order valence-electron chi connectivity index (χ0n) is 15.0. The molecule has 1 atom stereocenters. The number of hydrogen-bond acceptors (Lipinski definition) is 4. The number of likely N-dealkylation sites (N-methyl/N-ethyl adjacent to an activating group) is 1. The number of amides is 1. The summed E-state index contributed by atoms with van der Waals surface area (Å²) in [5.41, 5.74) is 1.49. The average molecular weight is 375 g/mol. The van der Waals surface area contributed by atoms with Crippen molar-refractivity contribution in [3.8, 4) is 11.5 Å². The maximum atomic E-state index is 12.7. The SMILES string of the molecule is CCN(CC)C(CNC(=O)c1cccc2c1OCO2)c1ccccc1Cl. The summed E-state index contributed by atoms with van der Waals surface area (Å²) in [5.74, 6) is 0.919. The van der Waals surface area contributed by atoms with Gasteiger partial charge in [-0.15, -0.1) is 0 Å². The highest BCUT2D eigenvalue weighted by molar-refractivity contribution is 6.31. The quantitative estimate of drug-likeness (QED) is 0.799. The van der Waals surface area contributed by atoms with E-state index in [0.29, 0.717) is 28.6 Å². The van der Waals surface area contributed by atoms with Gasteiger partial charge in [-0.05, 0) is 36.9 Å². The number of carbonyl (C=O) groups excluding carboxylic acids is 1. The Morgan fingerprint density at radius 2 is 1.92 bits per heavy atom. The normalized spacial score (nSPS) is 13.7. The Kier molecular flexibility index (Phi) is 6.01. The molecule has 2 aromatic rings. The van der Waals surface area contributed by atoms with Crippen LogP contribution < -0.4 is 14.8 Å². The Morgan fingerprint density at radius 1 is 1.15 bits per heavy atom. The predicted molar refractivity (Wildman–Crippen MR) is 102 cm³/mol. The summed E-state index contributed by atoms with van der Waals surface area (Å²) in [5, 5.41) is 3.73. The van der Waals surface area contributed by atoms with Gasteiger partial charge >= 0.3 is 0 Å². The lowest BCUT2D eigenvalue weighted by Gasteiger charge is -2.31. The Balaban J connectivity index is 1.79. The van der Waals surface area contributed by atoms with E-state index in [4.69, 9.17) is 21.1 Å². The first-order valence-corrected chi connectivity index (χ1v) is 9.18. The van der Waals surface area contributed by atoms with E-state index in [1.807, 2.05) is 24.3 Å². The molecule has 0 radical (unpaired) electrons. The highest BCUT2D eigenvalue weighted by Crippen LogP contribution is 2.35. The Morgan fingerprint density at radius 3 is 2.65 bits per heavy atom. The fourth-order valence-corrected chi connectivity index (χ4v) is 3.50.